The molecule has 0 saturated heterocycles. The topological polar surface area (TPSA) is 3.24 Å². The van der Waals surface area contributed by atoms with Gasteiger partial charge >= 0.3 is 0 Å². The molecule has 1 nitrogen and oxygen atoms in total. The molecular formula is C15H23N. The molecular weight excluding hydrogens is 194 g/mol. The maximum atomic E-state index is 3.91. The summed E-state index contributed by atoms with van der Waals surface area (Å²) in [5.41, 5.74) is 2.95. The molecule has 0 fully saturated rings. The predicted molar refractivity (Wildman–Crippen MR) is 72.4 cm³/mol. The first-order valence-corrected chi connectivity index (χ1v) is 5.76. The first-order valence-electron chi connectivity index (χ1n) is 5.76. The highest BCUT2D eigenvalue weighted by atomic mass is 15.2. The second-order valence-corrected chi connectivity index (χ2v) is 5.46. The quantitative estimate of drug-likeness (QED) is 0.653. The molecule has 0 amide bonds. The van der Waals surface area contributed by atoms with Gasteiger partial charge in [-0.25, -0.2) is 0 Å². The molecule has 1 atom stereocenters. The van der Waals surface area contributed by atoms with Crippen molar-refractivity contribution in [1.82, 2.24) is 4.90 Å². The Morgan fingerprint density at radius 2 is 1.94 bits per heavy atom. The maximum absolute atomic E-state index is 3.91. The van der Waals surface area contributed by atoms with E-state index in [0.717, 1.165) is 6.54 Å². The second kappa shape index (κ2) is 4.84. The molecule has 0 bridgehead atoms. The van der Waals surface area contributed by atoms with Crippen LogP contribution in [0.25, 0.3) is 0 Å². The summed E-state index contributed by atoms with van der Waals surface area (Å²) in [5.74, 6) is 0. The highest BCUT2D eigenvalue weighted by Gasteiger charge is 2.36. The number of nitrogens with zero attached hydrogens (tertiary/aromatic N) is 1. The van der Waals surface area contributed by atoms with E-state index in [1.165, 1.54) is 11.1 Å². The molecule has 1 aliphatic heterocycles. The highest BCUT2D eigenvalue weighted by molar-refractivity contribution is 5.43. The van der Waals surface area contributed by atoms with E-state index < -0.39 is 0 Å². The minimum absolute atomic E-state index is 0.236. The molecule has 1 rings (SSSR count). The SMILES string of the molecule is C=C/C=C\C1=C(C=C)CN(C)C1C(C)(C)C. The summed E-state index contributed by atoms with van der Waals surface area (Å²) in [6.07, 6.45) is 7.98. The molecule has 88 valence electrons. The molecule has 0 radical (unpaired) electrons. The number of rotatable bonds is 3. The molecule has 1 aliphatic rings. The molecule has 0 aliphatic carbocycles. The van der Waals surface area contributed by atoms with Gasteiger partial charge in [0.15, 0.2) is 0 Å². The van der Waals surface area contributed by atoms with Crippen LogP contribution < -0.4 is 0 Å². The zero-order valence-corrected chi connectivity index (χ0v) is 11.0. The lowest BCUT2D eigenvalue weighted by Crippen LogP contribution is -2.38. The number of hydrogen-bond acceptors (Lipinski definition) is 1. The van der Waals surface area contributed by atoms with Gasteiger partial charge in [-0.15, -0.1) is 0 Å². The van der Waals surface area contributed by atoms with Crippen molar-refractivity contribution >= 4 is 0 Å². The van der Waals surface area contributed by atoms with E-state index in [0.29, 0.717) is 6.04 Å². The lowest BCUT2D eigenvalue weighted by Gasteiger charge is -2.34. The maximum Gasteiger partial charge on any atom is 0.0400 e. The van der Waals surface area contributed by atoms with Crippen molar-refractivity contribution in [2.45, 2.75) is 26.8 Å². The van der Waals surface area contributed by atoms with E-state index in [-0.39, 0.29) is 5.41 Å². The van der Waals surface area contributed by atoms with Gasteiger partial charge < -0.3 is 0 Å². The van der Waals surface area contributed by atoms with Crippen LogP contribution in [0.4, 0.5) is 0 Å². The molecule has 0 N–H and O–H groups in total. The Hall–Kier alpha value is -1.08. The highest BCUT2D eigenvalue weighted by Crippen LogP contribution is 2.36. The van der Waals surface area contributed by atoms with Gasteiger partial charge in [-0.2, -0.15) is 0 Å². The summed E-state index contributed by atoms with van der Waals surface area (Å²) < 4.78 is 0. The molecule has 0 saturated carbocycles. The third-order valence-corrected chi connectivity index (χ3v) is 3.00. The predicted octanol–water partition coefficient (Wildman–Crippen LogP) is 3.57. The molecule has 16 heavy (non-hydrogen) atoms. The van der Waals surface area contributed by atoms with Crippen molar-refractivity contribution in [2.24, 2.45) is 5.41 Å². The monoisotopic (exact) mass is 217 g/mol. The second-order valence-electron chi connectivity index (χ2n) is 5.46. The van der Waals surface area contributed by atoms with Crippen molar-refractivity contribution in [3.63, 3.8) is 0 Å². The molecule has 1 heterocycles. The number of likely N-dealkylation sites (N-methyl/N-ethyl adjacent to an activating group) is 1. The van der Waals surface area contributed by atoms with Gasteiger partial charge in [0.1, 0.15) is 0 Å². The van der Waals surface area contributed by atoms with Crippen LogP contribution >= 0.6 is 0 Å². The lowest BCUT2D eigenvalue weighted by atomic mass is 9.82. The van der Waals surface area contributed by atoms with Gasteiger partial charge in [-0.05, 0) is 23.6 Å². The normalized spacial score (nSPS) is 23.1. The van der Waals surface area contributed by atoms with Gasteiger partial charge in [-0.3, -0.25) is 4.90 Å². The van der Waals surface area contributed by atoms with Crippen molar-refractivity contribution < 1.29 is 0 Å². The standard InChI is InChI=1S/C15H23N/c1-7-9-10-13-12(8-2)11-16(6)14(13)15(3,4)5/h7-10,14H,1-2,11H2,3-6H3/b10-9-. The van der Waals surface area contributed by atoms with Gasteiger partial charge in [0.05, 0.1) is 0 Å². The average Bonchev–Trinajstić information content (AvgIpc) is 2.50. The van der Waals surface area contributed by atoms with Crippen LogP contribution in [0.2, 0.25) is 0 Å². The third-order valence-electron chi connectivity index (χ3n) is 3.00. The van der Waals surface area contributed by atoms with E-state index in [9.17, 15) is 0 Å². The zero-order chi connectivity index (χ0) is 12.3. The van der Waals surface area contributed by atoms with E-state index in [4.69, 9.17) is 0 Å². The fraction of sp³-hybridized carbons (Fsp3) is 0.467. The fourth-order valence-corrected chi connectivity index (χ4v) is 2.54. The number of allylic oxidation sites excluding steroid dienone is 2. The number of hydrogen-bond donors (Lipinski definition) is 0. The third kappa shape index (κ3) is 2.53. The summed E-state index contributed by atoms with van der Waals surface area (Å²) in [5, 5.41) is 0. The molecule has 0 aromatic carbocycles. The molecule has 1 unspecified atom stereocenters. The van der Waals surface area contributed by atoms with Crippen LogP contribution in [0.15, 0.2) is 48.6 Å². The minimum atomic E-state index is 0.236. The van der Waals surface area contributed by atoms with E-state index in [2.05, 4.69) is 52.0 Å². The molecule has 1 heteroatoms. The van der Waals surface area contributed by atoms with E-state index >= 15 is 0 Å². The summed E-state index contributed by atoms with van der Waals surface area (Å²) >= 11 is 0. The van der Waals surface area contributed by atoms with Crippen molar-refractivity contribution in [2.75, 3.05) is 13.6 Å². The molecule has 0 aromatic heterocycles. The van der Waals surface area contributed by atoms with Crippen molar-refractivity contribution in [3.8, 4) is 0 Å². The van der Waals surface area contributed by atoms with Gasteiger partial charge in [0.2, 0.25) is 0 Å². The van der Waals surface area contributed by atoms with Crippen LogP contribution in [-0.2, 0) is 0 Å². The largest absolute Gasteiger partial charge is 0.295 e. The fourth-order valence-electron chi connectivity index (χ4n) is 2.54. The van der Waals surface area contributed by atoms with Crippen LogP contribution in [0.3, 0.4) is 0 Å². The Morgan fingerprint density at radius 1 is 1.31 bits per heavy atom. The van der Waals surface area contributed by atoms with Gasteiger partial charge in [0.25, 0.3) is 0 Å². The Labute approximate surface area is 99.8 Å². The Kier molecular flexibility index (Phi) is 3.93. The summed E-state index contributed by atoms with van der Waals surface area (Å²) in [4.78, 5) is 2.39. The van der Waals surface area contributed by atoms with Gasteiger partial charge in [0, 0.05) is 12.6 Å². The first kappa shape index (κ1) is 13.0. The summed E-state index contributed by atoms with van der Waals surface area (Å²) in [6, 6.07) is 0.455. The van der Waals surface area contributed by atoms with Gasteiger partial charge in [-0.1, -0.05) is 58.2 Å². The van der Waals surface area contributed by atoms with Crippen LogP contribution in [0, 0.1) is 5.41 Å². The van der Waals surface area contributed by atoms with E-state index in [1.807, 2.05) is 18.2 Å². The Morgan fingerprint density at radius 3 is 2.38 bits per heavy atom. The Balaban J connectivity index is 3.15. The first-order chi connectivity index (χ1) is 7.41. The summed E-state index contributed by atoms with van der Waals surface area (Å²) in [7, 11) is 2.17. The van der Waals surface area contributed by atoms with Crippen molar-refractivity contribution in [3.05, 3.63) is 48.6 Å². The van der Waals surface area contributed by atoms with Crippen molar-refractivity contribution in [1.29, 1.82) is 0 Å². The van der Waals surface area contributed by atoms with Crippen LogP contribution in [-0.4, -0.2) is 24.5 Å². The zero-order valence-electron chi connectivity index (χ0n) is 11.0. The molecule has 0 spiro atoms. The lowest BCUT2D eigenvalue weighted by molar-refractivity contribution is 0.187. The minimum Gasteiger partial charge on any atom is -0.295 e. The van der Waals surface area contributed by atoms with Crippen LogP contribution in [0.1, 0.15) is 20.8 Å². The summed E-state index contributed by atoms with van der Waals surface area (Å²) in [6.45, 7) is 15.5. The van der Waals surface area contributed by atoms with Crippen LogP contribution in [0.5, 0.6) is 0 Å². The average molecular weight is 217 g/mol. The smallest absolute Gasteiger partial charge is 0.0400 e. The van der Waals surface area contributed by atoms with E-state index in [1.54, 1.807) is 0 Å². The Bertz CT molecular complexity index is 339. The molecule has 0 aromatic rings.